The first-order chi connectivity index (χ1) is 30.9. The van der Waals surface area contributed by atoms with Gasteiger partial charge in [0.1, 0.15) is 51.2 Å². The number of H-pyrrole nitrogens is 4. The number of rotatable bonds is 0. The molecule has 0 fully saturated rings. The molecular weight excluding hydrogens is 903 g/mol. The first kappa shape index (κ1) is 58.0. The van der Waals surface area contributed by atoms with Crippen LogP contribution in [0.1, 0.15) is 0 Å². The highest BCUT2D eigenvalue weighted by molar-refractivity contribution is 5.40. The highest BCUT2D eigenvalue weighted by atomic mass is 35.7. The summed E-state index contributed by atoms with van der Waals surface area (Å²) in [5, 5.41) is 0. The van der Waals surface area contributed by atoms with E-state index in [1.165, 1.54) is 0 Å². The average molecular weight is 962 g/mol. The van der Waals surface area contributed by atoms with Gasteiger partial charge in [0.05, 0.1) is 106 Å². The molecule has 4 aromatic rings. The van der Waals surface area contributed by atoms with Gasteiger partial charge < -0.3 is 56.8 Å². The number of para-hydroxylation sites is 4. The van der Waals surface area contributed by atoms with Crippen LogP contribution in [0.15, 0.2) is 86.0 Å². The second-order valence-electron chi connectivity index (χ2n) is 11.6. The Kier molecular flexibility index (Phi) is 36.7. The molecule has 2 aromatic carbocycles. The van der Waals surface area contributed by atoms with Gasteiger partial charge in [0, 0.05) is 0 Å². The van der Waals surface area contributed by atoms with Crippen molar-refractivity contribution in [1.29, 1.82) is 0 Å². The third-order valence-electron chi connectivity index (χ3n) is 6.76. The van der Waals surface area contributed by atoms with E-state index in [0.29, 0.717) is 155 Å². The number of fused-ring (bicyclic) bond motifs is 2. The molecule has 4 N–H and O–H groups in total. The minimum absolute atomic E-state index is 0.472. The van der Waals surface area contributed by atoms with E-state index in [1.807, 2.05) is 73.3 Å². The zero-order valence-electron chi connectivity index (χ0n) is 35.1. The van der Waals surface area contributed by atoms with Crippen LogP contribution in [-0.4, -0.2) is 142 Å². The van der Waals surface area contributed by atoms with Crippen LogP contribution in [0.25, 0.3) is 0 Å². The van der Waals surface area contributed by atoms with Crippen LogP contribution in [0, 0.1) is 20.5 Å². The molecule has 0 unspecified atom stereocenters. The van der Waals surface area contributed by atoms with E-state index in [-0.39, 0.29) is 0 Å². The molecule has 0 aliphatic carbocycles. The van der Waals surface area contributed by atoms with E-state index >= 15 is 0 Å². The Labute approximate surface area is 374 Å². The lowest BCUT2D eigenvalue weighted by molar-refractivity contribution is -2.00. The standard InChI is InChI=1S/2C16H24O6.2C3H4N2.2ClHO4/c2*1-2-4-16-15(3-1)21-13-11-19-9-7-17-5-6-18-8-10-20-12-14-22-16;2*1-2-5-3-4-1;2*2-1(3,4)5/h2*1-4H,5-14H2;2*1-3H,(H,4,5);2*(H,2,3,4,5). The summed E-state index contributed by atoms with van der Waals surface area (Å²) in [6.07, 6.45) is 10.8. The molecule has 364 valence electrons. The topological polar surface area (TPSA) is 355 Å². The fourth-order valence-electron chi connectivity index (χ4n) is 4.22. The van der Waals surface area contributed by atoms with Gasteiger partial charge in [-0.25, -0.2) is 37.3 Å². The SMILES string of the molecule is [O-][Cl+3]([O-])([O-])[O-].[O-][Cl+3]([O-])([O-])[O-].c1c[nH+]c[nH]1.c1c[nH+]c[nH]1.c1ccc2c(c1)OCCOCCOCCOCCOCCO2.c1ccc2c(c1)OCCOCCOCCOCCOCCO2. The van der Waals surface area contributed by atoms with Crippen molar-refractivity contribution in [1.82, 2.24) is 9.97 Å². The summed E-state index contributed by atoms with van der Waals surface area (Å²) >= 11 is 0. The molecule has 0 spiro atoms. The number of hydrogen-bond donors (Lipinski definition) is 2. The molecule has 0 bridgehead atoms. The summed E-state index contributed by atoms with van der Waals surface area (Å²) in [6, 6.07) is 15.2. The Bertz CT molecular complexity index is 1310. The first-order valence-electron chi connectivity index (χ1n) is 19.5. The molecule has 0 radical (unpaired) electrons. The lowest BCUT2D eigenvalue weighted by Crippen LogP contribution is -2.68. The molecular formula is C38H58Cl2N4O20. The van der Waals surface area contributed by atoms with E-state index in [1.54, 1.807) is 12.7 Å². The predicted octanol–water partition coefficient (Wildman–Crippen LogP) is -6.81. The molecule has 2 aliphatic rings. The smallest absolute Gasteiger partial charge is 0.239 e. The Morgan fingerprint density at radius 2 is 0.516 bits per heavy atom. The molecule has 0 saturated heterocycles. The minimum Gasteiger partial charge on any atom is -0.487 e. The summed E-state index contributed by atoms with van der Waals surface area (Å²) < 4.78 is 134. The molecule has 24 nitrogen and oxygen atoms in total. The molecule has 26 heteroatoms. The number of nitrogens with one attached hydrogen (secondary N) is 4. The third-order valence-corrected chi connectivity index (χ3v) is 6.76. The van der Waals surface area contributed by atoms with Gasteiger partial charge in [0.15, 0.2) is 23.0 Å². The third kappa shape index (κ3) is 43.3. The van der Waals surface area contributed by atoms with E-state index in [2.05, 4.69) is 19.9 Å². The van der Waals surface area contributed by atoms with Gasteiger partial charge in [-0.2, -0.15) is 0 Å². The molecule has 2 aliphatic heterocycles. The highest BCUT2D eigenvalue weighted by Gasteiger charge is 2.06. The Hall–Kier alpha value is -4.00. The van der Waals surface area contributed by atoms with Crippen LogP contribution < -0.4 is 66.2 Å². The summed E-state index contributed by atoms with van der Waals surface area (Å²) in [4.78, 5) is 11.2. The summed E-state index contributed by atoms with van der Waals surface area (Å²) in [6.45, 7) is 10.6. The van der Waals surface area contributed by atoms with Crippen molar-refractivity contribution in [3.8, 4) is 23.0 Å². The summed E-state index contributed by atoms with van der Waals surface area (Å²) in [5.41, 5.74) is 0. The number of imidazole rings is 2. The minimum atomic E-state index is -4.94. The number of ether oxygens (including phenoxy) is 12. The van der Waals surface area contributed by atoms with Crippen LogP contribution in [0.2, 0.25) is 0 Å². The fraction of sp³-hybridized carbons (Fsp3) is 0.526. The zero-order chi connectivity index (χ0) is 46.7. The van der Waals surface area contributed by atoms with Gasteiger partial charge >= 0.3 is 0 Å². The van der Waals surface area contributed by atoms with Crippen LogP contribution in [0.4, 0.5) is 0 Å². The van der Waals surface area contributed by atoms with Gasteiger partial charge in [0.2, 0.25) is 12.7 Å². The van der Waals surface area contributed by atoms with E-state index in [0.717, 1.165) is 0 Å². The maximum atomic E-state index is 8.49. The van der Waals surface area contributed by atoms with E-state index < -0.39 is 20.5 Å². The monoisotopic (exact) mass is 960 g/mol. The molecule has 64 heavy (non-hydrogen) atoms. The average Bonchev–Trinajstić information content (AvgIpc) is 4.04. The van der Waals surface area contributed by atoms with Crippen molar-refractivity contribution in [2.75, 3.05) is 132 Å². The van der Waals surface area contributed by atoms with Gasteiger partial charge in [-0.1, -0.05) is 24.3 Å². The second kappa shape index (κ2) is 40.5. The van der Waals surface area contributed by atoms with Crippen molar-refractivity contribution < 1.29 is 125 Å². The molecule has 0 atom stereocenters. The maximum Gasteiger partial charge on any atom is 0.239 e. The van der Waals surface area contributed by atoms with Crippen molar-refractivity contribution in [2.24, 2.45) is 0 Å². The quantitative estimate of drug-likeness (QED) is 0.165. The van der Waals surface area contributed by atoms with Gasteiger partial charge in [-0.3, -0.25) is 19.9 Å². The Morgan fingerprint density at radius 3 is 0.656 bits per heavy atom. The number of aromatic nitrogens is 4. The summed E-state index contributed by atoms with van der Waals surface area (Å²) in [7, 11) is -9.89. The van der Waals surface area contributed by atoms with Gasteiger partial charge in [-0.05, 0) is 24.3 Å². The van der Waals surface area contributed by atoms with Crippen LogP contribution in [-0.2, 0) is 37.9 Å². The van der Waals surface area contributed by atoms with Gasteiger partial charge in [-0.15, -0.1) is 20.5 Å². The molecule has 4 heterocycles. The fourth-order valence-corrected chi connectivity index (χ4v) is 4.22. The largest absolute Gasteiger partial charge is 0.487 e. The number of benzene rings is 2. The Balaban J connectivity index is 0.000000448. The van der Waals surface area contributed by atoms with E-state index in [9.17, 15) is 0 Å². The van der Waals surface area contributed by atoms with Crippen molar-refractivity contribution in [3.63, 3.8) is 0 Å². The normalized spacial score (nSPS) is 16.8. The maximum absolute atomic E-state index is 8.49. The lowest BCUT2D eigenvalue weighted by atomic mass is 10.3. The predicted molar refractivity (Wildman–Crippen MR) is 196 cm³/mol. The van der Waals surface area contributed by atoms with Crippen LogP contribution in [0.3, 0.4) is 0 Å². The van der Waals surface area contributed by atoms with E-state index in [4.69, 9.17) is 94.1 Å². The first-order valence-corrected chi connectivity index (χ1v) is 21.9. The van der Waals surface area contributed by atoms with Crippen LogP contribution in [0.5, 0.6) is 23.0 Å². The molecule has 0 amide bonds. The molecule has 6 rings (SSSR count). The number of aromatic amines is 4. The van der Waals surface area contributed by atoms with Crippen molar-refractivity contribution in [2.45, 2.75) is 0 Å². The second-order valence-corrected chi connectivity index (χ2v) is 13.1. The summed E-state index contributed by atoms with van der Waals surface area (Å²) in [5.74, 6) is 2.86. The van der Waals surface area contributed by atoms with Crippen molar-refractivity contribution in [3.05, 3.63) is 86.0 Å². The highest BCUT2D eigenvalue weighted by Crippen LogP contribution is 2.27. The Morgan fingerprint density at radius 1 is 0.328 bits per heavy atom. The van der Waals surface area contributed by atoms with Crippen LogP contribution >= 0.6 is 0 Å². The number of hydrogen-bond acceptors (Lipinski definition) is 20. The molecule has 2 aromatic heterocycles. The molecule has 0 saturated carbocycles. The van der Waals surface area contributed by atoms with Crippen molar-refractivity contribution >= 4 is 0 Å². The lowest BCUT2D eigenvalue weighted by Gasteiger charge is -2.17. The zero-order valence-corrected chi connectivity index (χ0v) is 36.7. The number of halogens is 2. The van der Waals surface area contributed by atoms with Gasteiger partial charge in [0.25, 0.3) is 0 Å².